The van der Waals surface area contributed by atoms with E-state index in [-0.39, 0.29) is 18.5 Å². The topological polar surface area (TPSA) is 79.3 Å². The maximum absolute atomic E-state index is 12.0. The lowest BCUT2D eigenvalue weighted by Crippen LogP contribution is -2.38. The number of rotatable bonds is 4. The Hall–Kier alpha value is -2.83. The van der Waals surface area contributed by atoms with Crippen molar-refractivity contribution in [2.75, 3.05) is 25.0 Å². The highest BCUT2D eigenvalue weighted by Gasteiger charge is 2.25. The molecule has 120 valence electrons. The number of carbonyl (C=O) groups is 2. The molecule has 1 aromatic carbocycles. The smallest absolute Gasteiger partial charge is 0.324 e. The van der Waals surface area contributed by atoms with E-state index in [1.807, 2.05) is 48.9 Å². The average Bonchev–Trinajstić information content (AvgIpc) is 3.12. The van der Waals surface area contributed by atoms with E-state index in [0.29, 0.717) is 18.9 Å². The quantitative estimate of drug-likeness (QED) is 0.895. The van der Waals surface area contributed by atoms with Crippen LogP contribution in [0.2, 0.25) is 0 Å². The Morgan fingerprint density at radius 3 is 2.70 bits per heavy atom. The number of imide groups is 1. The van der Waals surface area contributed by atoms with Gasteiger partial charge in [0, 0.05) is 24.8 Å². The predicted octanol–water partition coefficient (Wildman–Crippen LogP) is 1.45. The van der Waals surface area contributed by atoms with Crippen LogP contribution in [0.3, 0.4) is 0 Å². The lowest BCUT2D eigenvalue weighted by Gasteiger charge is -2.12. The third-order valence-electron chi connectivity index (χ3n) is 3.74. The van der Waals surface area contributed by atoms with Gasteiger partial charge in [0.05, 0.1) is 12.2 Å². The van der Waals surface area contributed by atoms with Crippen LogP contribution in [0.25, 0.3) is 5.69 Å². The van der Waals surface area contributed by atoms with Crippen molar-refractivity contribution in [3.63, 3.8) is 0 Å². The molecule has 0 aliphatic carbocycles. The number of nitrogens with zero attached hydrogens (tertiary/aromatic N) is 3. The molecule has 7 heteroatoms. The normalized spacial score (nSPS) is 14.0. The van der Waals surface area contributed by atoms with Gasteiger partial charge in [-0.05, 0) is 26.0 Å². The Labute approximate surface area is 134 Å². The molecule has 1 aliphatic rings. The van der Waals surface area contributed by atoms with Gasteiger partial charge in [-0.1, -0.05) is 17.7 Å². The minimum Gasteiger partial charge on any atom is -0.359 e. The van der Waals surface area contributed by atoms with Crippen LogP contribution in [0.5, 0.6) is 0 Å². The van der Waals surface area contributed by atoms with Crippen LogP contribution in [0.4, 0.5) is 10.6 Å². The molecule has 1 fully saturated rings. The highest BCUT2D eigenvalue weighted by molar-refractivity contribution is 5.97. The molecule has 0 bridgehead atoms. The van der Waals surface area contributed by atoms with Gasteiger partial charge in [-0.3, -0.25) is 9.69 Å². The third kappa shape index (κ3) is 3.18. The van der Waals surface area contributed by atoms with Crippen molar-refractivity contribution < 1.29 is 9.59 Å². The lowest BCUT2D eigenvalue weighted by molar-refractivity contribution is -0.125. The second-order valence-electron chi connectivity index (χ2n) is 5.55. The fourth-order valence-corrected chi connectivity index (χ4v) is 2.48. The SMILES string of the molecule is Cc1ccc(-n2nc(NCC(=O)N3CCNC3=O)cc2C)cc1. The molecule has 2 N–H and O–H groups in total. The van der Waals surface area contributed by atoms with Gasteiger partial charge >= 0.3 is 6.03 Å². The fourth-order valence-electron chi connectivity index (χ4n) is 2.48. The maximum Gasteiger partial charge on any atom is 0.324 e. The number of hydrogen-bond acceptors (Lipinski definition) is 4. The predicted molar refractivity (Wildman–Crippen MR) is 86.6 cm³/mol. The maximum atomic E-state index is 12.0. The molecule has 3 rings (SSSR count). The first-order valence-electron chi connectivity index (χ1n) is 7.50. The van der Waals surface area contributed by atoms with E-state index < -0.39 is 0 Å². The first kappa shape index (κ1) is 15.1. The van der Waals surface area contributed by atoms with Crippen LogP contribution >= 0.6 is 0 Å². The molecule has 2 aromatic rings. The summed E-state index contributed by atoms with van der Waals surface area (Å²) in [5.74, 6) is 0.346. The summed E-state index contributed by atoms with van der Waals surface area (Å²) in [4.78, 5) is 24.6. The summed E-state index contributed by atoms with van der Waals surface area (Å²) >= 11 is 0. The average molecular weight is 313 g/mol. The Morgan fingerprint density at radius 2 is 2.04 bits per heavy atom. The number of hydrogen-bond donors (Lipinski definition) is 2. The van der Waals surface area contributed by atoms with Crippen molar-refractivity contribution in [1.29, 1.82) is 0 Å². The summed E-state index contributed by atoms with van der Waals surface area (Å²) in [6, 6.07) is 9.59. The number of nitrogens with one attached hydrogen (secondary N) is 2. The molecule has 0 spiro atoms. The van der Waals surface area contributed by atoms with Crippen molar-refractivity contribution in [3.8, 4) is 5.69 Å². The zero-order chi connectivity index (χ0) is 16.4. The summed E-state index contributed by atoms with van der Waals surface area (Å²) in [6.45, 7) is 4.94. The van der Waals surface area contributed by atoms with Crippen LogP contribution in [-0.4, -0.2) is 46.3 Å². The third-order valence-corrected chi connectivity index (χ3v) is 3.74. The second-order valence-corrected chi connectivity index (χ2v) is 5.55. The molecule has 0 atom stereocenters. The molecule has 1 aliphatic heterocycles. The molecule has 1 aromatic heterocycles. The van der Waals surface area contributed by atoms with Crippen LogP contribution in [0.1, 0.15) is 11.3 Å². The second kappa shape index (κ2) is 6.12. The Bertz CT molecular complexity index is 735. The summed E-state index contributed by atoms with van der Waals surface area (Å²) in [5, 5.41) is 10.0. The molecule has 0 unspecified atom stereocenters. The Kier molecular flexibility index (Phi) is 4.01. The van der Waals surface area contributed by atoms with Gasteiger partial charge in [-0.2, -0.15) is 5.10 Å². The highest BCUT2D eigenvalue weighted by Crippen LogP contribution is 2.15. The summed E-state index contributed by atoms with van der Waals surface area (Å²) < 4.78 is 1.81. The van der Waals surface area contributed by atoms with E-state index >= 15 is 0 Å². The molecule has 1 saturated heterocycles. The highest BCUT2D eigenvalue weighted by atomic mass is 16.2. The summed E-state index contributed by atoms with van der Waals surface area (Å²) in [6.07, 6.45) is 0. The largest absolute Gasteiger partial charge is 0.359 e. The molecule has 0 saturated carbocycles. The fraction of sp³-hybridized carbons (Fsp3) is 0.312. The standard InChI is InChI=1S/C16H19N5O2/c1-11-3-5-13(6-4-11)21-12(2)9-14(19-21)18-10-15(22)20-8-7-17-16(20)23/h3-6,9H,7-8,10H2,1-2H3,(H,17,23)(H,18,19). The van der Waals surface area contributed by atoms with Gasteiger partial charge in [-0.25, -0.2) is 9.48 Å². The molecule has 23 heavy (non-hydrogen) atoms. The minimum absolute atomic E-state index is 0.0395. The van der Waals surface area contributed by atoms with E-state index in [0.717, 1.165) is 11.4 Å². The van der Waals surface area contributed by atoms with Crippen molar-refractivity contribution >= 4 is 17.8 Å². The van der Waals surface area contributed by atoms with Crippen molar-refractivity contribution in [2.24, 2.45) is 0 Å². The monoisotopic (exact) mass is 313 g/mol. The van der Waals surface area contributed by atoms with Crippen molar-refractivity contribution in [3.05, 3.63) is 41.6 Å². The number of carbonyl (C=O) groups excluding carboxylic acids is 2. The van der Waals surface area contributed by atoms with Gasteiger partial charge in [0.1, 0.15) is 5.82 Å². The Morgan fingerprint density at radius 1 is 1.30 bits per heavy atom. The molecule has 0 radical (unpaired) electrons. The van der Waals surface area contributed by atoms with E-state index in [9.17, 15) is 9.59 Å². The van der Waals surface area contributed by atoms with Crippen LogP contribution < -0.4 is 10.6 Å². The number of amides is 3. The van der Waals surface area contributed by atoms with E-state index in [2.05, 4.69) is 15.7 Å². The van der Waals surface area contributed by atoms with Crippen LogP contribution in [0.15, 0.2) is 30.3 Å². The van der Waals surface area contributed by atoms with Gasteiger partial charge in [-0.15, -0.1) is 0 Å². The zero-order valence-electron chi connectivity index (χ0n) is 13.2. The number of aryl methyl sites for hydroxylation is 2. The van der Waals surface area contributed by atoms with E-state index in [1.165, 1.54) is 10.5 Å². The lowest BCUT2D eigenvalue weighted by atomic mass is 10.2. The van der Waals surface area contributed by atoms with Gasteiger partial charge in [0.25, 0.3) is 0 Å². The van der Waals surface area contributed by atoms with Crippen molar-refractivity contribution in [2.45, 2.75) is 13.8 Å². The zero-order valence-corrected chi connectivity index (χ0v) is 13.2. The number of urea groups is 1. The van der Waals surface area contributed by atoms with Gasteiger partial charge < -0.3 is 10.6 Å². The molecule has 7 nitrogen and oxygen atoms in total. The first-order chi connectivity index (χ1) is 11.0. The number of benzene rings is 1. The number of aromatic nitrogens is 2. The summed E-state index contributed by atoms with van der Waals surface area (Å²) in [5.41, 5.74) is 3.11. The first-order valence-corrected chi connectivity index (χ1v) is 7.50. The molecule has 2 heterocycles. The van der Waals surface area contributed by atoms with E-state index in [1.54, 1.807) is 0 Å². The summed E-state index contributed by atoms with van der Waals surface area (Å²) in [7, 11) is 0. The van der Waals surface area contributed by atoms with Crippen LogP contribution in [-0.2, 0) is 4.79 Å². The van der Waals surface area contributed by atoms with Gasteiger partial charge in [0.15, 0.2) is 0 Å². The van der Waals surface area contributed by atoms with Crippen molar-refractivity contribution in [1.82, 2.24) is 20.0 Å². The van der Waals surface area contributed by atoms with Crippen LogP contribution in [0, 0.1) is 13.8 Å². The molecular formula is C16H19N5O2. The number of anilines is 1. The minimum atomic E-state index is -0.335. The molecule has 3 amide bonds. The Balaban J connectivity index is 1.67. The molecular weight excluding hydrogens is 294 g/mol. The van der Waals surface area contributed by atoms with E-state index in [4.69, 9.17) is 0 Å². The van der Waals surface area contributed by atoms with Gasteiger partial charge in [0.2, 0.25) is 5.91 Å².